The monoisotopic (exact) mass is 160 g/mol. The van der Waals surface area contributed by atoms with E-state index in [-0.39, 0.29) is 12.8 Å². The fourth-order valence-corrected chi connectivity index (χ4v) is 0.597. The number of carboxylic acids is 2. The zero-order valence-corrected chi connectivity index (χ0v) is 5.99. The van der Waals surface area contributed by atoms with Crippen LogP contribution in [-0.2, 0) is 9.59 Å². The molecular formula is C6H11NO4. The zero-order valence-electron chi connectivity index (χ0n) is 5.99. The molecule has 0 aliphatic carbocycles. The highest BCUT2D eigenvalue weighted by molar-refractivity contribution is 5.73. The molecule has 0 saturated heterocycles. The molecule has 0 unspecified atom stereocenters. The average Bonchev–Trinajstić information content (AvgIpc) is 1.86. The maximum absolute atomic E-state index is 10.1. The molecule has 5 heteroatoms. The molecule has 0 rings (SSSR count). The van der Waals surface area contributed by atoms with Gasteiger partial charge in [-0.1, -0.05) is 0 Å². The van der Waals surface area contributed by atoms with Crippen LogP contribution in [0.5, 0.6) is 0 Å². The highest BCUT2D eigenvalue weighted by Crippen LogP contribution is 1.98. The molecule has 0 aromatic rings. The first-order chi connectivity index (χ1) is 5.04. The fourth-order valence-electron chi connectivity index (χ4n) is 0.597. The highest BCUT2D eigenvalue weighted by Gasteiger charge is 2.10. The molecule has 11 heavy (non-hydrogen) atoms. The molecule has 0 aliphatic rings. The third-order valence-electron chi connectivity index (χ3n) is 1.22. The Morgan fingerprint density at radius 3 is 2.27 bits per heavy atom. The molecule has 1 atom stereocenters. The number of carbonyl (C=O) groups is 2. The Kier molecular flexibility index (Phi) is 4.21. The molecule has 4 N–H and O–H groups in total. The van der Waals surface area contributed by atoms with Crippen LogP contribution in [0, 0.1) is 0 Å². The van der Waals surface area contributed by atoms with Crippen molar-refractivity contribution in [1.82, 2.24) is 0 Å². The molecule has 0 fully saturated rings. The van der Waals surface area contributed by atoms with Gasteiger partial charge < -0.3 is 15.9 Å². The van der Waals surface area contributed by atoms with E-state index >= 15 is 0 Å². The summed E-state index contributed by atoms with van der Waals surface area (Å²) in [4.78, 5) is 20.1. The number of rotatable bonds is 5. The van der Waals surface area contributed by atoms with E-state index in [0.717, 1.165) is 0 Å². The van der Waals surface area contributed by atoms with Crippen molar-refractivity contribution in [3.8, 4) is 0 Å². The molecule has 0 saturated carbocycles. The average molecular weight is 160 g/mol. The SMILES string of the molecule is N[C@@H](CCC[11C](=O)O)C(=O)O. The van der Waals surface area contributed by atoms with Crippen molar-refractivity contribution in [3.05, 3.63) is 0 Å². The van der Waals surface area contributed by atoms with E-state index in [1.165, 1.54) is 0 Å². The van der Waals surface area contributed by atoms with Gasteiger partial charge in [0.15, 0.2) is 0 Å². The molecular weight excluding hydrogens is 149 g/mol. The largest absolute Gasteiger partial charge is 0.481 e. The summed E-state index contributed by atoms with van der Waals surface area (Å²) in [5.74, 6) is -2.02. The van der Waals surface area contributed by atoms with Crippen LogP contribution < -0.4 is 5.73 Å². The molecule has 0 amide bonds. The summed E-state index contributed by atoms with van der Waals surface area (Å²) < 4.78 is 0. The minimum Gasteiger partial charge on any atom is -0.481 e. The maximum Gasteiger partial charge on any atom is 0.320 e. The summed E-state index contributed by atoms with van der Waals surface area (Å²) in [5.41, 5.74) is 5.11. The molecule has 0 aliphatic heterocycles. The van der Waals surface area contributed by atoms with E-state index in [2.05, 4.69) is 0 Å². The van der Waals surface area contributed by atoms with Gasteiger partial charge >= 0.3 is 11.9 Å². The lowest BCUT2D eigenvalue weighted by atomic mass is 9.96. The zero-order chi connectivity index (χ0) is 8.85. The van der Waals surface area contributed by atoms with Crippen LogP contribution in [-0.4, -0.2) is 28.2 Å². The second-order valence-electron chi connectivity index (χ2n) is 2.23. The number of nitrogens with two attached hydrogens (primary N) is 1. The van der Waals surface area contributed by atoms with Crippen molar-refractivity contribution in [2.45, 2.75) is 25.3 Å². The van der Waals surface area contributed by atoms with Crippen LogP contribution in [0.1, 0.15) is 19.3 Å². The Bertz CT molecular complexity index is 157. The van der Waals surface area contributed by atoms with E-state index in [4.69, 9.17) is 15.9 Å². The van der Waals surface area contributed by atoms with Crippen LogP contribution in [0.2, 0.25) is 0 Å². The molecule has 0 radical (unpaired) electrons. The van der Waals surface area contributed by atoms with Gasteiger partial charge in [0.1, 0.15) is 6.04 Å². The van der Waals surface area contributed by atoms with Crippen molar-refractivity contribution in [3.63, 3.8) is 0 Å². The predicted octanol–water partition coefficient (Wildman–Crippen LogP) is -0.347. The van der Waals surface area contributed by atoms with Crippen molar-refractivity contribution >= 4 is 11.9 Å². The topological polar surface area (TPSA) is 101 Å². The first kappa shape index (κ1) is 9.90. The van der Waals surface area contributed by atoms with Gasteiger partial charge in [-0.25, -0.2) is 0 Å². The lowest BCUT2D eigenvalue weighted by Gasteiger charge is -2.02. The van der Waals surface area contributed by atoms with Gasteiger partial charge in [-0.05, 0) is 12.8 Å². The molecule has 0 spiro atoms. The molecule has 0 aromatic heterocycles. The van der Waals surface area contributed by atoms with E-state index in [0.29, 0.717) is 6.42 Å². The third-order valence-corrected chi connectivity index (χ3v) is 1.22. The van der Waals surface area contributed by atoms with Crippen molar-refractivity contribution in [2.24, 2.45) is 5.73 Å². The highest BCUT2D eigenvalue weighted by atomic mass is 16.4. The summed E-state index contributed by atoms with van der Waals surface area (Å²) in [6.45, 7) is 0. The van der Waals surface area contributed by atoms with Gasteiger partial charge in [-0.15, -0.1) is 0 Å². The van der Waals surface area contributed by atoms with E-state index < -0.39 is 18.0 Å². The number of carboxylic acid groups (broad SMARTS) is 2. The lowest BCUT2D eigenvalue weighted by molar-refractivity contribution is -0.140. The predicted molar refractivity (Wildman–Crippen MR) is 37.1 cm³/mol. The molecule has 0 aromatic carbocycles. The van der Waals surface area contributed by atoms with Crippen LogP contribution in [0.15, 0.2) is 0 Å². The van der Waals surface area contributed by atoms with Gasteiger partial charge in [-0.2, -0.15) is 0 Å². The quantitative estimate of drug-likeness (QED) is 0.510. The number of aliphatic carboxylic acids is 2. The number of hydrogen-bond acceptors (Lipinski definition) is 3. The summed E-state index contributed by atoms with van der Waals surface area (Å²) in [6, 6.07) is -0.936. The Morgan fingerprint density at radius 2 is 1.91 bits per heavy atom. The second kappa shape index (κ2) is 4.68. The Labute approximate surface area is 63.8 Å². The third kappa shape index (κ3) is 5.35. The standard InChI is InChI=1S/C6H11NO4/c7-4(6(10)11)2-1-3-5(8)9/h4H,1-3,7H2,(H,8,9)(H,10,11)/t4-/m0/s1/i5-1. The van der Waals surface area contributed by atoms with Crippen molar-refractivity contribution < 1.29 is 19.8 Å². The van der Waals surface area contributed by atoms with Gasteiger partial charge in [0, 0.05) is 6.42 Å². The van der Waals surface area contributed by atoms with Gasteiger partial charge in [0.05, 0.1) is 0 Å². The first-order valence-electron chi connectivity index (χ1n) is 3.24. The Morgan fingerprint density at radius 1 is 1.36 bits per heavy atom. The summed E-state index contributed by atoms with van der Waals surface area (Å²) >= 11 is 0. The van der Waals surface area contributed by atoms with Crippen LogP contribution in [0.3, 0.4) is 0 Å². The van der Waals surface area contributed by atoms with Crippen LogP contribution in [0.25, 0.3) is 0 Å². The van der Waals surface area contributed by atoms with E-state index in [1.807, 2.05) is 0 Å². The summed E-state index contributed by atoms with van der Waals surface area (Å²) in [6.07, 6.45) is 0.491. The first-order valence-corrected chi connectivity index (χ1v) is 3.24. The molecule has 5 nitrogen and oxygen atoms in total. The fraction of sp³-hybridized carbons (Fsp3) is 0.667. The van der Waals surface area contributed by atoms with Crippen molar-refractivity contribution in [1.29, 1.82) is 0 Å². The lowest BCUT2D eigenvalue weighted by Crippen LogP contribution is -2.29. The number of hydrogen-bond donors (Lipinski definition) is 3. The smallest absolute Gasteiger partial charge is 0.320 e. The van der Waals surface area contributed by atoms with Gasteiger partial charge in [0.2, 0.25) is 0 Å². The Hall–Kier alpha value is -1.10. The minimum absolute atomic E-state index is 0.0268. The summed E-state index contributed by atoms with van der Waals surface area (Å²) in [7, 11) is 0. The Balaban J connectivity index is 3.39. The van der Waals surface area contributed by atoms with Gasteiger partial charge in [-0.3, -0.25) is 9.59 Å². The normalized spacial score (nSPS) is 12.5. The minimum atomic E-state index is -1.09. The van der Waals surface area contributed by atoms with E-state index in [1.54, 1.807) is 0 Å². The van der Waals surface area contributed by atoms with Crippen molar-refractivity contribution in [2.75, 3.05) is 0 Å². The molecule has 0 heterocycles. The van der Waals surface area contributed by atoms with Crippen LogP contribution >= 0.6 is 0 Å². The maximum atomic E-state index is 10.1. The molecule has 0 bridgehead atoms. The van der Waals surface area contributed by atoms with Gasteiger partial charge in [0.25, 0.3) is 0 Å². The second-order valence-corrected chi connectivity index (χ2v) is 2.23. The van der Waals surface area contributed by atoms with E-state index in [9.17, 15) is 9.59 Å². The van der Waals surface area contributed by atoms with Crippen LogP contribution in [0.4, 0.5) is 0 Å². The molecule has 64 valence electrons. The summed E-state index contributed by atoms with van der Waals surface area (Å²) in [5, 5.41) is 16.5.